The standard InChI is InChI=1S/C23H18ClFN4O2S/c1-31-20-11-10-16(12-18(20)24)26-23(32)28-27-21-17-4-2-3-5-19(17)29(22(21)30)13-14-6-8-15(25)9-7-14/h2-12,30H,13H2,1H3,(H,26,32). The third-order valence-corrected chi connectivity index (χ3v) is 5.29. The van der Waals surface area contributed by atoms with E-state index in [1.54, 1.807) is 34.9 Å². The van der Waals surface area contributed by atoms with Crippen molar-refractivity contribution in [2.45, 2.75) is 6.54 Å². The maximum Gasteiger partial charge on any atom is 0.221 e. The molecule has 0 saturated heterocycles. The van der Waals surface area contributed by atoms with Crippen LogP contribution in [0, 0.1) is 5.82 Å². The summed E-state index contributed by atoms with van der Waals surface area (Å²) in [5.74, 6) is 0.169. The molecule has 9 heteroatoms. The number of benzene rings is 3. The Labute approximate surface area is 193 Å². The molecule has 0 aliphatic carbocycles. The van der Waals surface area contributed by atoms with E-state index in [9.17, 15) is 9.50 Å². The number of fused-ring (bicyclic) bond motifs is 1. The molecular formula is C23H18ClFN4O2S. The number of ether oxygens (including phenoxy) is 1. The maximum absolute atomic E-state index is 13.2. The van der Waals surface area contributed by atoms with Crippen LogP contribution in [0.5, 0.6) is 11.6 Å². The number of aromatic nitrogens is 1. The van der Waals surface area contributed by atoms with Crippen LogP contribution in [0.2, 0.25) is 5.02 Å². The largest absolute Gasteiger partial charge is 0.495 e. The number of hydrogen-bond acceptors (Lipinski definition) is 4. The van der Waals surface area contributed by atoms with Crippen LogP contribution in [0.4, 0.5) is 15.8 Å². The van der Waals surface area contributed by atoms with Gasteiger partial charge in [0.2, 0.25) is 11.0 Å². The van der Waals surface area contributed by atoms with Crippen LogP contribution in [0.25, 0.3) is 10.9 Å². The second-order valence-corrected chi connectivity index (χ2v) is 7.68. The molecule has 0 aliphatic heterocycles. The van der Waals surface area contributed by atoms with E-state index in [0.29, 0.717) is 34.1 Å². The Balaban J connectivity index is 1.60. The monoisotopic (exact) mass is 468 g/mol. The number of hydrogen-bond donors (Lipinski definition) is 2. The number of aromatic hydroxyl groups is 1. The Morgan fingerprint density at radius 3 is 2.62 bits per heavy atom. The minimum Gasteiger partial charge on any atom is -0.495 e. The molecular weight excluding hydrogens is 451 g/mol. The molecule has 6 nitrogen and oxygen atoms in total. The van der Waals surface area contributed by atoms with Crippen molar-refractivity contribution in [3.8, 4) is 11.6 Å². The number of methoxy groups -OCH3 is 1. The average Bonchev–Trinajstić information content (AvgIpc) is 3.05. The molecule has 1 aromatic heterocycles. The van der Waals surface area contributed by atoms with Crippen LogP contribution in [-0.2, 0) is 6.54 Å². The highest BCUT2D eigenvalue weighted by Crippen LogP contribution is 2.39. The Bertz CT molecular complexity index is 1320. The number of thiocarbonyl (C=S) groups is 1. The van der Waals surface area contributed by atoms with Crippen LogP contribution in [0.1, 0.15) is 5.56 Å². The van der Waals surface area contributed by atoms with Crippen LogP contribution in [0.15, 0.2) is 77.0 Å². The number of halogens is 2. The first-order valence-corrected chi connectivity index (χ1v) is 10.4. The molecule has 0 saturated carbocycles. The Kier molecular flexibility index (Phi) is 6.34. The van der Waals surface area contributed by atoms with Crippen molar-refractivity contribution in [1.29, 1.82) is 0 Å². The average molecular weight is 469 g/mol. The zero-order chi connectivity index (χ0) is 22.7. The number of rotatable bonds is 5. The smallest absolute Gasteiger partial charge is 0.221 e. The quantitative estimate of drug-likeness (QED) is 0.253. The molecule has 4 aromatic rings. The minimum absolute atomic E-state index is 0.0606. The SMILES string of the molecule is COc1ccc(NC(=S)N=Nc2c(O)n(Cc3ccc(F)cc3)c3ccccc23)cc1Cl. The fourth-order valence-electron chi connectivity index (χ4n) is 3.29. The Hall–Kier alpha value is -3.49. The molecule has 0 radical (unpaired) electrons. The third kappa shape index (κ3) is 4.56. The van der Waals surface area contributed by atoms with E-state index in [0.717, 1.165) is 11.1 Å². The van der Waals surface area contributed by atoms with Gasteiger partial charge in [-0.15, -0.1) is 10.2 Å². The van der Waals surface area contributed by atoms with E-state index in [2.05, 4.69) is 15.5 Å². The van der Waals surface area contributed by atoms with Gasteiger partial charge in [0, 0.05) is 11.1 Å². The van der Waals surface area contributed by atoms with Crippen molar-refractivity contribution >= 4 is 51.2 Å². The molecule has 1 heterocycles. The summed E-state index contributed by atoms with van der Waals surface area (Å²) >= 11 is 11.4. The third-order valence-electron chi connectivity index (χ3n) is 4.82. The van der Waals surface area contributed by atoms with Crippen molar-refractivity contribution in [3.05, 3.63) is 83.1 Å². The fraction of sp³-hybridized carbons (Fsp3) is 0.0870. The number of nitrogens with zero attached hydrogens (tertiary/aromatic N) is 3. The van der Waals surface area contributed by atoms with Gasteiger partial charge in [0.15, 0.2) is 5.69 Å². The number of anilines is 1. The van der Waals surface area contributed by atoms with E-state index in [1.165, 1.54) is 19.2 Å². The molecule has 162 valence electrons. The predicted octanol–water partition coefficient (Wildman–Crippen LogP) is 6.68. The first-order valence-electron chi connectivity index (χ1n) is 9.57. The normalized spacial score (nSPS) is 11.2. The molecule has 0 unspecified atom stereocenters. The highest BCUT2D eigenvalue weighted by molar-refractivity contribution is 7.80. The van der Waals surface area contributed by atoms with Crippen molar-refractivity contribution < 1.29 is 14.2 Å². The van der Waals surface area contributed by atoms with Crippen molar-refractivity contribution in [2.75, 3.05) is 12.4 Å². The molecule has 32 heavy (non-hydrogen) atoms. The fourth-order valence-corrected chi connectivity index (χ4v) is 3.71. The molecule has 0 atom stereocenters. The lowest BCUT2D eigenvalue weighted by atomic mass is 10.2. The van der Waals surface area contributed by atoms with E-state index >= 15 is 0 Å². The van der Waals surface area contributed by atoms with E-state index in [-0.39, 0.29) is 16.8 Å². The van der Waals surface area contributed by atoms with Gasteiger partial charge < -0.3 is 19.7 Å². The van der Waals surface area contributed by atoms with E-state index < -0.39 is 0 Å². The van der Waals surface area contributed by atoms with Crippen LogP contribution < -0.4 is 10.1 Å². The Morgan fingerprint density at radius 2 is 1.91 bits per heavy atom. The summed E-state index contributed by atoms with van der Waals surface area (Å²) in [6, 6.07) is 18.6. The van der Waals surface area contributed by atoms with Gasteiger partial charge in [-0.05, 0) is 54.2 Å². The predicted molar refractivity (Wildman–Crippen MR) is 128 cm³/mol. The van der Waals surface area contributed by atoms with E-state index in [1.807, 2.05) is 24.3 Å². The van der Waals surface area contributed by atoms with Gasteiger partial charge in [0.25, 0.3) is 0 Å². The van der Waals surface area contributed by atoms with Crippen molar-refractivity contribution in [2.24, 2.45) is 10.2 Å². The van der Waals surface area contributed by atoms with Gasteiger partial charge >= 0.3 is 0 Å². The maximum atomic E-state index is 13.2. The summed E-state index contributed by atoms with van der Waals surface area (Å²) in [5, 5.41) is 23.3. The molecule has 0 bridgehead atoms. The van der Waals surface area contributed by atoms with Gasteiger partial charge in [-0.3, -0.25) is 0 Å². The summed E-state index contributed by atoms with van der Waals surface area (Å²) in [4.78, 5) is 0. The summed E-state index contributed by atoms with van der Waals surface area (Å²) in [5.41, 5.74) is 2.52. The molecule has 2 N–H and O–H groups in total. The van der Waals surface area contributed by atoms with Gasteiger partial charge in [-0.1, -0.05) is 41.9 Å². The van der Waals surface area contributed by atoms with Crippen molar-refractivity contribution in [1.82, 2.24) is 4.57 Å². The molecule has 0 fully saturated rings. The summed E-state index contributed by atoms with van der Waals surface area (Å²) in [6.45, 7) is 0.342. The zero-order valence-corrected chi connectivity index (χ0v) is 18.5. The minimum atomic E-state index is -0.316. The summed E-state index contributed by atoms with van der Waals surface area (Å²) in [7, 11) is 1.53. The van der Waals surface area contributed by atoms with Gasteiger partial charge in [0.1, 0.15) is 11.6 Å². The number of para-hydroxylation sites is 1. The zero-order valence-electron chi connectivity index (χ0n) is 16.9. The van der Waals surface area contributed by atoms with Crippen LogP contribution in [0.3, 0.4) is 0 Å². The molecule has 0 amide bonds. The van der Waals surface area contributed by atoms with E-state index in [4.69, 9.17) is 28.6 Å². The molecule has 3 aromatic carbocycles. The molecule has 0 spiro atoms. The van der Waals surface area contributed by atoms with Crippen molar-refractivity contribution in [3.63, 3.8) is 0 Å². The first-order chi connectivity index (χ1) is 15.5. The molecule has 4 rings (SSSR count). The second kappa shape index (κ2) is 9.33. The number of nitrogens with one attached hydrogen (secondary N) is 1. The lowest BCUT2D eigenvalue weighted by Crippen LogP contribution is -2.04. The highest BCUT2D eigenvalue weighted by Gasteiger charge is 2.17. The highest BCUT2D eigenvalue weighted by atomic mass is 35.5. The first kappa shape index (κ1) is 21.7. The lowest BCUT2D eigenvalue weighted by molar-refractivity contribution is 0.415. The summed E-state index contributed by atoms with van der Waals surface area (Å²) in [6.07, 6.45) is 0. The number of azo groups is 1. The van der Waals surface area contributed by atoms with Gasteiger partial charge in [-0.2, -0.15) is 0 Å². The second-order valence-electron chi connectivity index (χ2n) is 6.88. The van der Waals surface area contributed by atoms with Gasteiger partial charge in [-0.25, -0.2) is 4.39 Å². The Morgan fingerprint density at radius 1 is 1.16 bits per heavy atom. The van der Waals surface area contributed by atoms with Crippen LogP contribution >= 0.6 is 23.8 Å². The van der Waals surface area contributed by atoms with Gasteiger partial charge in [0.05, 0.1) is 24.2 Å². The lowest BCUT2D eigenvalue weighted by Gasteiger charge is -2.07. The van der Waals surface area contributed by atoms with Crippen LogP contribution in [-0.4, -0.2) is 21.9 Å². The topological polar surface area (TPSA) is 71.1 Å². The summed E-state index contributed by atoms with van der Waals surface area (Å²) < 4.78 is 20.1. The molecule has 0 aliphatic rings.